The fourth-order valence-corrected chi connectivity index (χ4v) is 1.37. The summed E-state index contributed by atoms with van der Waals surface area (Å²) in [7, 11) is 1.67. The fraction of sp³-hybridized carbons (Fsp3) is 0.636. The zero-order valence-corrected chi connectivity index (χ0v) is 11.4. The second kappa shape index (κ2) is 5.16. The second-order valence-electron chi connectivity index (χ2n) is 5.25. The van der Waals surface area contributed by atoms with Gasteiger partial charge in [-0.05, 0) is 12.3 Å². The number of aryl methyl sites for hydroxylation is 1. The Morgan fingerprint density at radius 3 is 2.39 bits per heavy atom. The molecule has 1 heterocycles. The normalized spacial score (nSPS) is 11.2. The molecule has 1 rings (SSSR count). The van der Waals surface area contributed by atoms with Crippen LogP contribution in [0.5, 0.6) is 0 Å². The molecule has 1 aromatic rings. The monoisotopic (exact) mass is 253 g/mol. The van der Waals surface area contributed by atoms with E-state index in [-0.39, 0.29) is 16.9 Å². The van der Waals surface area contributed by atoms with E-state index in [9.17, 15) is 10.1 Å². The predicted octanol–water partition coefficient (Wildman–Crippen LogP) is 2.19. The van der Waals surface area contributed by atoms with Gasteiger partial charge in [0.1, 0.15) is 5.69 Å². The molecule has 18 heavy (non-hydrogen) atoms. The van der Waals surface area contributed by atoms with Crippen LogP contribution in [0.15, 0.2) is 0 Å². The molecule has 0 aliphatic carbocycles. The van der Waals surface area contributed by atoms with Gasteiger partial charge in [-0.15, -0.1) is 0 Å². The third-order valence-corrected chi connectivity index (χ3v) is 2.25. The molecule has 0 unspecified atom stereocenters. The highest BCUT2D eigenvalue weighted by atomic mass is 16.6. The van der Waals surface area contributed by atoms with Gasteiger partial charge >= 0.3 is 5.69 Å². The summed E-state index contributed by atoms with van der Waals surface area (Å²) in [5, 5.41) is 16.8. The van der Waals surface area contributed by atoms with Crippen molar-refractivity contribution in [2.45, 2.75) is 27.7 Å². The summed E-state index contributed by atoms with van der Waals surface area (Å²) in [6, 6.07) is 0. The van der Waals surface area contributed by atoms with Crippen LogP contribution in [0.25, 0.3) is 0 Å². The molecule has 2 N–H and O–H groups in total. The zero-order valence-electron chi connectivity index (χ0n) is 11.4. The first-order chi connectivity index (χ1) is 8.24. The molecule has 0 fully saturated rings. The summed E-state index contributed by atoms with van der Waals surface area (Å²) in [5.41, 5.74) is 0.279. The molecule has 1 aromatic heterocycles. The van der Waals surface area contributed by atoms with E-state index in [1.807, 2.05) is 20.8 Å². The average Bonchev–Trinajstić information content (AvgIpc) is 2.23. The van der Waals surface area contributed by atoms with Crippen LogP contribution in [-0.4, -0.2) is 28.5 Å². The molecule has 7 heteroatoms. The molecule has 0 amide bonds. The molecular formula is C11H19N5O2. The molecule has 0 aliphatic heterocycles. The van der Waals surface area contributed by atoms with Crippen molar-refractivity contribution in [1.29, 1.82) is 0 Å². The molecule has 0 spiro atoms. The van der Waals surface area contributed by atoms with Crippen LogP contribution in [0.3, 0.4) is 0 Å². The van der Waals surface area contributed by atoms with Gasteiger partial charge in [0.15, 0.2) is 0 Å². The van der Waals surface area contributed by atoms with Crippen molar-refractivity contribution in [3.05, 3.63) is 15.8 Å². The largest absolute Gasteiger partial charge is 0.364 e. The maximum Gasteiger partial charge on any atom is 0.332 e. The molecule has 0 radical (unpaired) electrons. The number of nitrogens with zero attached hydrogens (tertiary/aromatic N) is 3. The summed E-state index contributed by atoms with van der Waals surface area (Å²) >= 11 is 0. The SMILES string of the molecule is CNc1nc(C)c([N+](=O)[O-])c(NCC(C)(C)C)n1. The number of rotatable bonds is 4. The quantitative estimate of drug-likeness (QED) is 0.631. The number of nitro groups is 1. The Balaban J connectivity index is 3.13. The molecule has 7 nitrogen and oxygen atoms in total. The van der Waals surface area contributed by atoms with Gasteiger partial charge in [-0.25, -0.2) is 4.98 Å². The number of nitrogens with one attached hydrogen (secondary N) is 2. The fourth-order valence-electron chi connectivity index (χ4n) is 1.37. The topological polar surface area (TPSA) is 93.0 Å². The lowest BCUT2D eigenvalue weighted by atomic mass is 9.97. The highest BCUT2D eigenvalue weighted by Gasteiger charge is 2.23. The van der Waals surface area contributed by atoms with Crippen LogP contribution in [0, 0.1) is 22.5 Å². The van der Waals surface area contributed by atoms with Crippen molar-refractivity contribution in [2.75, 3.05) is 24.2 Å². The highest BCUT2D eigenvalue weighted by Crippen LogP contribution is 2.27. The van der Waals surface area contributed by atoms with Crippen LogP contribution in [0.2, 0.25) is 0 Å². The molecule has 0 atom stereocenters. The van der Waals surface area contributed by atoms with Crippen molar-refractivity contribution < 1.29 is 4.92 Å². The Kier molecular flexibility index (Phi) is 4.05. The standard InChI is InChI=1S/C11H19N5O2/c1-7-8(16(17)18)9(13-6-11(2,3)4)15-10(12-5)14-7/h6H2,1-5H3,(H2,12,13,14,15). The van der Waals surface area contributed by atoms with Crippen molar-refractivity contribution in [1.82, 2.24) is 9.97 Å². The van der Waals surface area contributed by atoms with Gasteiger partial charge < -0.3 is 10.6 Å². The van der Waals surface area contributed by atoms with Crippen LogP contribution < -0.4 is 10.6 Å². The summed E-state index contributed by atoms with van der Waals surface area (Å²) in [4.78, 5) is 18.7. The van der Waals surface area contributed by atoms with Crippen LogP contribution in [0.1, 0.15) is 26.5 Å². The minimum Gasteiger partial charge on any atom is -0.364 e. The van der Waals surface area contributed by atoms with Gasteiger partial charge in [-0.2, -0.15) is 4.98 Å². The van der Waals surface area contributed by atoms with Crippen LogP contribution in [-0.2, 0) is 0 Å². The number of hydrogen-bond acceptors (Lipinski definition) is 6. The summed E-state index contributed by atoms with van der Waals surface area (Å²) in [6.07, 6.45) is 0. The van der Waals surface area contributed by atoms with Crippen LogP contribution in [0.4, 0.5) is 17.5 Å². The van der Waals surface area contributed by atoms with E-state index in [0.717, 1.165) is 0 Å². The summed E-state index contributed by atoms with van der Waals surface area (Å²) < 4.78 is 0. The summed E-state index contributed by atoms with van der Waals surface area (Å²) in [6.45, 7) is 8.31. The minimum atomic E-state index is -0.459. The number of anilines is 2. The maximum atomic E-state index is 11.0. The first kappa shape index (κ1) is 14.1. The van der Waals surface area contributed by atoms with E-state index in [2.05, 4.69) is 20.6 Å². The van der Waals surface area contributed by atoms with Gasteiger partial charge in [0.05, 0.1) is 4.92 Å². The van der Waals surface area contributed by atoms with Gasteiger partial charge in [0.2, 0.25) is 11.8 Å². The van der Waals surface area contributed by atoms with Crippen LogP contribution >= 0.6 is 0 Å². The molecule has 0 bridgehead atoms. The first-order valence-corrected chi connectivity index (χ1v) is 5.69. The number of hydrogen-bond donors (Lipinski definition) is 2. The summed E-state index contributed by atoms with van der Waals surface area (Å²) in [5.74, 6) is 0.626. The molecule has 0 saturated carbocycles. The average molecular weight is 253 g/mol. The van der Waals surface area contributed by atoms with E-state index in [4.69, 9.17) is 0 Å². The first-order valence-electron chi connectivity index (χ1n) is 5.69. The maximum absolute atomic E-state index is 11.0. The van der Waals surface area contributed by atoms with Crippen molar-refractivity contribution in [3.63, 3.8) is 0 Å². The van der Waals surface area contributed by atoms with Crippen molar-refractivity contribution >= 4 is 17.5 Å². The molecule has 0 aliphatic rings. The lowest BCUT2D eigenvalue weighted by molar-refractivity contribution is -0.385. The van der Waals surface area contributed by atoms with Crippen molar-refractivity contribution in [3.8, 4) is 0 Å². The van der Waals surface area contributed by atoms with E-state index in [1.165, 1.54) is 0 Å². The molecule has 0 aromatic carbocycles. The third-order valence-electron chi connectivity index (χ3n) is 2.25. The highest BCUT2D eigenvalue weighted by molar-refractivity contribution is 5.60. The van der Waals surface area contributed by atoms with E-state index in [0.29, 0.717) is 18.2 Å². The molecular weight excluding hydrogens is 234 g/mol. The lowest BCUT2D eigenvalue weighted by Gasteiger charge is -2.19. The Morgan fingerprint density at radius 1 is 1.33 bits per heavy atom. The Labute approximate surface area is 106 Å². The lowest BCUT2D eigenvalue weighted by Crippen LogP contribution is -2.21. The van der Waals surface area contributed by atoms with Gasteiger partial charge in [-0.1, -0.05) is 20.8 Å². The molecule has 0 saturated heterocycles. The Morgan fingerprint density at radius 2 is 1.94 bits per heavy atom. The Bertz CT molecular complexity index is 453. The van der Waals surface area contributed by atoms with Gasteiger partial charge in [0.25, 0.3) is 0 Å². The Hall–Kier alpha value is -1.92. The van der Waals surface area contributed by atoms with E-state index in [1.54, 1.807) is 14.0 Å². The van der Waals surface area contributed by atoms with Gasteiger partial charge in [0, 0.05) is 13.6 Å². The zero-order chi connectivity index (χ0) is 13.9. The molecule has 100 valence electrons. The number of aromatic nitrogens is 2. The van der Waals surface area contributed by atoms with E-state index >= 15 is 0 Å². The second-order valence-corrected chi connectivity index (χ2v) is 5.25. The van der Waals surface area contributed by atoms with Gasteiger partial charge in [-0.3, -0.25) is 10.1 Å². The third kappa shape index (κ3) is 3.54. The predicted molar refractivity (Wildman–Crippen MR) is 70.9 cm³/mol. The minimum absolute atomic E-state index is 0.00648. The van der Waals surface area contributed by atoms with Crippen molar-refractivity contribution in [2.24, 2.45) is 5.41 Å². The van der Waals surface area contributed by atoms with E-state index < -0.39 is 4.92 Å². The smallest absolute Gasteiger partial charge is 0.332 e.